The van der Waals surface area contributed by atoms with Crippen molar-refractivity contribution in [3.05, 3.63) is 58.7 Å². The molecule has 1 aliphatic heterocycles. The molecule has 1 aromatic carbocycles. The van der Waals surface area contributed by atoms with Crippen molar-refractivity contribution in [1.29, 1.82) is 5.26 Å². The van der Waals surface area contributed by atoms with Gasteiger partial charge in [0.25, 0.3) is 0 Å². The van der Waals surface area contributed by atoms with Crippen LogP contribution in [0.5, 0.6) is 0 Å². The molecular formula is C19H17FN4O. The van der Waals surface area contributed by atoms with Crippen LogP contribution in [0.25, 0.3) is 0 Å². The summed E-state index contributed by atoms with van der Waals surface area (Å²) in [6.45, 7) is 4.11. The number of Topliss-reactive ketones (excluding diaryl/α,β-unsaturated/α-hetero) is 1. The fourth-order valence-electron chi connectivity index (χ4n) is 3.75. The second kappa shape index (κ2) is 5.28. The average molecular weight is 336 g/mol. The summed E-state index contributed by atoms with van der Waals surface area (Å²) in [7, 11) is 0. The van der Waals surface area contributed by atoms with Crippen LogP contribution >= 0.6 is 0 Å². The number of nitriles is 1. The van der Waals surface area contributed by atoms with E-state index in [1.54, 1.807) is 16.8 Å². The fourth-order valence-corrected chi connectivity index (χ4v) is 3.75. The number of nitrogens with one attached hydrogen (secondary N) is 1. The Morgan fingerprint density at radius 3 is 2.72 bits per heavy atom. The molecule has 1 atom stereocenters. The zero-order chi connectivity index (χ0) is 17.8. The summed E-state index contributed by atoms with van der Waals surface area (Å²) in [5.41, 5.74) is 2.54. The van der Waals surface area contributed by atoms with E-state index in [0.29, 0.717) is 29.8 Å². The highest BCUT2D eigenvalue weighted by Gasteiger charge is 2.41. The molecule has 4 rings (SSSR count). The van der Waals surface area contributed by atoms with Gasteiger partial charge in [-0.2, -0.15) is 10.4 Å². The predicted octanol–water partition coefficient (Wildman–Crippen LogP) is 3.55. The monoisotopic (exact) mass is 336 g/mol. The average Bonchev–Trinajstić information content (AvgIpc) is 2.95. The molecule has 2 heterocycles. The lowest BCUT2D eigenvalue weighted by atomic mass is 9.73. The van der Waals surface area contributed by atoms with Gasteiger partial charge in [-0.05, 0) is 29.5 Å². The number of nitrogens with zero attached hydrogens (tertiary/aromatic N) is 3. The Balaban J connectivity index is 1.93. The lowest BCUT2D eigenvalue weighted by molar-refractivity contribution is -0.118. The van der Waals surface area contributed by atoms with Gasteiger partial charge in [0, 0.05) is 17.7 Å². The summed E-state index contributed by atoms with van der Waals surface area (Å²) in [6.07, 6.45) is 2.65. The number of aromatic nitrogens is 2. The van der Waals surface area contributed by atoms with Gasteiger partial charge in [-0.3, -0.25) is 4.79 Å². The van der Waals surface area contributed by atoms with Crippen LogP contribution in [-0.2, 0) is 4.79 Å². The molecule has 6 heteroatoms. The SMILES string of the molecule is CC1(C)CC(=O)C2=C(C1)Nc1c(C#N)cnn1[C@H]2c1ccc(F)cc1. The molecule has 0 saturated heterocycles. The van der Waals surface area contributed by atoms with Crippen LogP contribution in [0.2, 0.25) is 0 Å². The highest BCUT2D eigenvalue weighted by molar-refractivity contribution is 6.00. The van der Waals surface area contributed by atoms with Gasteiger partial charge >= 0.3 is 0 Å². The second-order valence-electron chi connectivity index (χ2n) is 7.38. The zero-order valence-corrected chi connectivity index (χ0v) is 14.0. The Labute approximate surface area is 144 Å². The van der Waals surface area contributed by atoms with Crippen molar-refractivity contribution < 1.29 is 9.18 Å². The van der Waals surface area contributed by atoms with Gasteiger partial charge in [0.1, 0.15) is 29.3 Å². The minimum absolute atomic E-state index is 0.0627. The number of allylic oxidation sites excluding steroid dienone is 2. The van der Waals surface area contributed by atoms with Crippen molar-refractivity contribution in [1.82, 2.24) is 9.78 Å². The molecule has 1 N–H and O–H groups in total. The maximum Gasteiger partial charge on any atom is 0.163 e. The first-order valence-corrected chi connectivity index (χ1v) is 8.16. The van der Waals surface area contributed by atoms with Crippen LogP contribution in [0, 0.1) is 22.6 Å². The van der Waals surface area contributed by atoms with Crippen LogP contribution in [0.3, 0.4) is 0 Å². The summed E-state index contributed by atoms with van der Waals surface area (Å²) in [6, 6.07) is 7.77. The molecule has 5 nitrogen and oxygen atoms in total. The Hall–Kier alpha value is -2.94. The normalized spacial score (nSPS) is 21.2. The summed E-state index contributed by atoms with van der Waals surface area (Å²) in [5, 5.41) is 16.9. The number of anilines is 1. The van der Waals surface area contributed by atoms with Crippen LogP contribution in [0.4, 0.5) is 10.2 Å². The minimum Gasteiger partial charge on any atom is -0.342 e. The number of rotatable bonds is 1. The summed E-state index contributed by atoms with van der Waals surface area (Å²) in [4.78, 5) is 12.9. The molecule has 0 radical (unpaired) electrons. The molecule has 1 aromatic heterocycles. The van der Waals surface area contributed by atoms with Crippen LogP contribution in [-0.4, -0.2) is 15.6 Å². The third kappa shape index (κ3) is 2.43. The van der Waals surface area contributed by atoms with Crippen LogP contribution < -0.4 is 5.32 Å². The van der Waals surface area contributed by atoms with Crippen LogP contribution in [0.15, 0.2) is 41.7 Å². The molecule has 126 valence electrons. The number of carbonyl (C=O) groups is 1. The molecule has 0 unspecified atom stereocenters. The van der Waals surface area contributed by atoms with Gasteiger partial charge < -0.3 is 5.32 Å². The van der Waals surface area contributed by atoms with Crippen molar-refractivity contribution in [2.75, 3.05) is 5.32 Å². The van der Waals surface area contributed by atoms with Gasteiger partial charge in [-0.25, -0.2) is 9.07 Å². The fraction of sp³-hybridized carbons (Fsp3) is 0.316. The quantitative estimate of drug-likeness (QED) is 0.864. The molecule has 0 fully saturated rings. The lowest BCUT2D eigenvalue weighted by Crippen LogP contribution is -2.36. The number of fused-ring (bicyclic) bond motifs is 1. The molecule has 2 aliphatic rings. The molecule has 25 heavy (non-hydrogen) atoms. The topological polar surface area (TPSA) is 70.7 Å². The van der Waals surface area contributed by atoms with Gasteiger partial charge in [-0.15, -0.1) is 0 Å². The van der Waals surface area contributed by atoms with E-state index in [4.69, 9.17) is 0 Å². The van der Waals surface area contributed by atoms with Gasteiger partial charge in [0.2, 0.25) is 0 Å². The number of benzene rings is 1. The molecular weight excluding hydrogens is 319 g/mol. The maximum atomic E-state index is 13.4. The van der Waals surface area contributed by atoms with Gasteiger partial charge in [0.05, 0.1) is 6.20 Å². The van der Waals surface area contributed by atoms with E-state index in [0.717, 1.165) is 11.3 Å². The third-order valence-corrected chi connectivity index (χ3v) is 4.81. The zero-order valence-electron chi connectivity index (χ0n) is 14.0. The standard InChI is InChI=1S/C19H17FN4O/c1-19(2)7-14-16(15(25)8-19)17(11-3-5-13(20)6-4-11)24-18(23-14)12(9-21)10-22-24/h3-6,10,17,23H,7-8H2,1-2H3/t17-/m0/s1. The van der Waals surface area contributed by atoms with Crippen LogP contribution in [0.1, 0.15) is 43.9 Å². The van der Waals surface area contributed by atoms with E-state index in [9.17, 15) is 14.4 Å². The highest BCUT2D eigenvalue weighted by atomic mass is 19.1. The first-order chi connectivity index (χ1) is 11.9. The van der Waals surface area contributed by atoms with Crippen molar-refractivity contribution in [3.8, 4) is 6.07 Å². The van der Waals surface area contributed by atoms with Crippen molar-refractivity contribution in [2.24, 2.45) is 5.41 Å². The number of hydrogen-bond donors (Lipinski definition) is 1. The maximum absolute atomic E-state index is 13.4. The number of halogens is 1. The van der Waals surface area contributed by atoms with Crippen molar-refractivity contribution >= 4 is 11.6 Å². The van der Waals surface area contributed by atoms with Crippen molar-refractivity contribution in [2.45, 2.75) is 32.7 Å². The van der Waals surface area contributed by atoms with Crippen molar-refractivity contribution in [3.63, 3.8) is 0 Å². The Morgan fingerprint density at radius 2 is 2.04 bits per heavy atom. The van der Waals surface area contributed by atoms with E-state index >= 15 is 0 Å². The van der Waals surface area contributed by atoms with E-state index in [1.807, 2.05) is 0 Å². The molecule has 0 amide bonds. The minimum atomic E-state index is -0.447. The predicted molar refractivity (Wildman–Crippen MR) is 90.2 cm³/mol. The largest absolute Gasteiger partial charge is 0.342 e. The first kappa shape index (κ1) is 15.6. The van der Waals surface area contributed by atoms with E-state index in [-0.39, 0.29) is 17.0 Å². The molecule has 0 bridgehead atoms. The Morgan fingerprint density at radius 1 is 1.32 bits per heavy atom. The first-order valence-electron chi connectivity index (χ1n) is 8.16. The number of ketones is 1. The van der Waals surface area contributed by atoms with Gasteiger partial charge in [-0.1, -0.05) is 26.0 Å². The third-order valence-electron chi connectivity index (χ3n) is 4.81. The summed E-state index contributed by atoms with van der Waals surface area (Å²) >= 11 is 0. The van der Waals surface area contributed by atoms with E-state index in [1.165, 1.54) is 18.3 Å². The molecule has 0 spiro atoms. The Kier molecular flexibility index (Phi) is 3.29. The number of carbonyl (C=O) groups excluding carboxylic acids is 1. The van der Waals surface area contributed by atoms with Gasteiger partial charge in [0.15, 0.2) is 5.78 Å². The molecule has 2 aromatic rings. The summed E-state index contributed by atoms with van der Waals surface area (Å²) < 4.78 is 15.0. The number of hydrogen-bond acceptors (Lipinski definition) is 4. The highest BCUT2D eigenvalue weighted by Crippen LogP contribution is 2.46. The van der Waals surface area contributed by atoms with E-state index in [2.05, 4.69) is 30.3 Å². The molecule has 0 saturated carbocycles. The smallest absolute Gasteiger partial charge is 0.163 e. The molecule has 1 aliphatic carbocycles. The Bertz CT molecular complexity index is 947. The second-order valence-corrected chi connectivity index (χ2v) is 7.38. The lowest BCUT2D eigenvalue weighted by Gasteiger charge is -2.38. The summed E-state index contributed by atoms with van der Waals surface area (Å²) in [5.74, 6) is 0.315. The van der Waals surface area contributed by atoms with E-state index < -0.39 is 6.04 Å².